The van der Waals surface area contributed by atoms with Gasteiger partial charge < -0.3 is 5.73 Å². The maximum absolute atomic E-state index is 10.5. The molecule has 13 heavy (non-hydrogen) atoms. The SMILES string of the molecule is NCc1cc(Br)c([N+](=O)[O-])cc1Br. The van der Waals surface area contributed by atoms with Crippen LogP contribution in [0.2, 0.25) is 0 Å². The van der Waals surface area contributed by atoms with Gasteiger partial charge in [0, 0.05) is 17.1 Å². The number of nitro benzene ring substituents is 1. The lowest BCUT2D eigenvalue weighted by molar-refractivity contribution is -0.385. The van der Waals surface area contributed by atoms with Crippen molar-refractivity contribution in [1.29, 1.82) is 0 Å². The number of nitro groups is 1. The largest absolute Gasteiger partial charge is 0.326 e. The van der Waals surface area contributed by atoms with Gasteiger partial charge in [-0.2, -0.15) is 0 Å². The second-order valence-electron chi connectivity index (χ2n) is 2.36. The van der Waals surface area contributed by atoms with E-state index in [2.05, 4.69) is 31.9 Å². The molecule has 0 aliphatic rings. The summed E-state index contributed by atoms with van der Waals surface area (Å²) in [4.78, 5) is 10.0. The second-order valence-corrected chi connectivity index (χ2v) is 4.06. The molecule has 0 aliphatic heterocycles. The highest BCUT2D eigenvalue weighted by molar-refractivity contribution is 9.11. The first kappa shape index (κ1) is 10.6. The van der Waals surface area contributed by atoms with Gasteiger partial charge in [-0.25, -0.2) is 0 Å². The van der Waals surface area contributed by atoms with E-state index in [9.17, 15) is 10.1 Å². The third kappa shape index (κ3) is 2.26. The third-order valence-electron chi connectivity index (χ3n) is 1.53. The Labute approximate surface area is 91.5 Å². The van der Waals surface area contributed by atoms with Crippen molar-refractivity contribution < 1.29 is 4.92 Å². The van der Waals surface area contributed by atoms with Gasteiger partial charge >= 0.3 is 0 Å². The van der Waals surface area contributed by atoms with Gasteiger partial charge in [0.1, 0.15) is 0 Å². The van der Waals surface area contributed by atoms with E-state index in [0.717, 1.165) is 5.56 Å². The van der Waals surface area contributed by atoms with Gasteiger partial charge in [-0.15, -0.1) is 0 Å². The summed E-state index contributed by atoms with van der Waals surface area (Å²) in [6.45, 7) is 0.344. The van der Waals surface area contributed by atoms with Crippen molar-refractivity contribution in [3.63, 3.8) is 0 Å². The molecule has 1 rings (SSSR count). The number of hydrogen-bond acceptors (Lipinski definition) is 3. The van der Waals surface area contributed by atoms with Crippen LogP contribution in [0.5, 0.6) is 0 Å². The van der Waals surface area contributed by atoms with E-state index in [1.807, 2.05) is 0 Å². The summed E-state index contributed by atoms with van der Waals surface area (Å²) >= 11 is 6.31. The van der Waals surface area contributed by atoms with Crippen LogP contribution in [-0.2, 0) is 6.54 Å². The maximum atomic E-state index is 10.5. The average molecular weight is 310 g/mol. The summed E-state index contributed by atoms with van der Waals surface area (Å²) in [6.07, 6.45) is 0. The van der Waals surface area contributed by atoms with E-state index >= 15 is 0 Å². The fourth-order valence-corrected chi connectivity index (χ4v) is 1.90. The monoisotopic (exact) mass is 308 g/mol. The Hall–Kier alpha value is -0.460. The van der Waals surface area contributed by atoms with Gasteiger partial charge in [0.2, 0.25) is 0 Å². The lowest BCUT2D eigenvalue weighted by Crippen LogP contribution is -1.99. The van der Waals surface area contributed by atoms with Crippen LogP contribution in [-0.4, -0.2) is 4.92 Å². The van der Waals surface area contributed by atoms with Crippen LogP contribution in [0, 0.1) is 10.1 Å². The van der Waals surface area contributed by atoms with E-state index < -0.39 is 4.92 Å². The molecule has 0 atom stereocenters. The minimum atomic E-state index is -0.449. The maximum Gasteiger partial charge on any atom is 0.284 e. The standard InChI is InChI=1S/C7H6Br2N2O2/c8-5-2-7(11(12)13)6(9)1-4(5)3-10/h1-2H,3,10H2. The van der Waals surface area contributed by atoms with Crippen molar-refractivity contribution in [3.8, 4) is 0 Å². The van der Waals surface area contributed by atoms with E-state index in [1.165, 1.54) is 6.07 Å². The second kappa shape index (κ2) is 4.17. The summed E-state index contributed by atoms with van der Waals surface area (Å²) < 4.78 is 1.10. The van der Waals surface area contributed by atoms with Crippen molar-refractivity contribution in [1.82, 2.24) is 0 Å². The third-order valence-corrected chi connectivity index (χ3v) is 2.91. The molecule has 1 aromatic rings. The fraction of sp³-hybridized carbons (Fsp3) is 0.143. The highest BCUT2D eigenvalue weighted by Crippen LogP contribution is 2.30. The Bertz CT molecular complexity index is 355. The molecule has 0 aliphatic carbocycles. The number of nitrogens with zero attached hydrogens (tertiary/aromatic N) is 1. The summed E-state index contributed by atoms with van der Waals surface area (Å²) in [6, 6.07) is 3.08. The first-order chi connectivity index (χ1) is 6.06. The quantitative estimate of drug-likeness (QED) is 0.674. The number of hydrogen-bond donors (Lipinski definition) is 1. The molecule has 4 nitrogen and oxygen atoms in total. The van der Waals surface area contributed by atoms with Crippen LogP contribution in [0.4, 0.5) is 5.69 Å². The van der Waals surface area contributed by atoms with Gasteiger partial charge in [0.25, 0.3) is 5.69 Å². The first-order valence-electron chi connectivity index (χ1n) is 3.38. The van der Waals surface area contributed by atoms with Crippen molar-refractivity contribution in [2.45, 2.75) is 6.54 Å². The van der Waals surface area contributed by atoms with E-state index in [-0.39, 0.29) is 5.69 Å². The fourth-order valence-electron chi connectivity index (χ4n) is 0.874. The van der Waals surface area contributed by atoms with E-state index in [4.69, 9.17) is 5.73 Å². The lowest BCUT2D eigenvalue weighted by Gasteiger charge is -2.02. The van der Waals surface area contributed by atoms with Crippen LogP contribution >= 0.6 is 31.9 Å². The van der Waals surface area contributed by atoms with Gasteiger partial charge in [-0.1, -0.05) is 15.9 Å². The Morgan fingerprint density at radius 2 is 2.00 bits per heavy atom. The molecule has 0 saturated carbocycles. The molecule has 0 amide bonds. The molecular formula is C7H6Br2N2O2. The van der Waals surface area contributed by atoms with E-state index in [1.54, 1.807) is 6.07 Å². The van der Waals surface area contributed by atoms with Crippen molar-refractivity contribution in [3.05, 3.63) is 36.8 Å². The van der Waals surface area contributed by atoms with Gasteiger partial charge in [-0.05, 0) is 27.6 Å². The normalized spacial score (nSPS) is 10.1. The van der Waals surface area contributed by atoms with E-state index in [0.29, 0.717) is 15.5 Å². The smallest absolute Gasteiger partial charge is 0.284 e. The molecule has 6 heteroatoms. The van der Waals surface area contributed by atoms with Gasteiger partial charge in [-0.3, -0.25) is 10.1 Å². The Balaban J connectivity index is 3.28. The molecule has 2 N–H and O–H groups in total. The predicted molar refractivity (Wildman–Crippen MR) is 56.4 cm³/mol. The first-order valence-corrected chi connectivity index (χ1v) is 4.97. The van der Waals surface area contributed by atoms with Crippen LogP contribution in [0.15, 0.2) is 21.1 Å². The zero-order valence-corrected chi connectivity index (χ0v) is 9.63. The van der Waals surface area contributed by atoms with Crippen LogP contribution in [0.1, 0.15) is 5.56 Å². The number of halogens is 2. The Kier molecular flexibility index (Phi) is 3.40. The molecule has 0 saturated heterocycles. The Morgan fingerprint density at radius 1 is 1.38 bits per heavy atom. The number of benzene rings is 1. The summed E-state index contributed by atoms with van der Waals surface area (Å²) in [7, 11) is 0. The number of rotatable bonds is 2. The van der Waals surface area contributed by atoms with Crippen LogP contribution in [0.3, 0.4) is 0 Å². The molecule has 0 heterocycles. The minimum Gasteiger partial charge on any atom is -0.326 e. The molecule has 0 aromatic heterocycles. The molecule has 0 unspecified atom stereocenters. The topological polar surface area (TPSA) is 69.2 Å². The highest BCUT2D eigenvalue weighted by atomic mass is 79.9. The molecular weight excluding hydrogens is 304 g/mol. The molecule has 0 bridgehead atoms. The molecule has 1 aromatic carbocycles. The van der Waals surface area contributed by atoms with Crippen LogP contribution < -0.4 is 5.73 Å². The summed E-state index contributed by atoms with van der Waals surface area (Å²) in [5.74, 6) is 0. The molecule has 0 radical (unpaired) electrons. The Morgan fingerprint density at radius 3 is 2.46 bits per heavy atom. The van der Waals surface area contributed by atoms with Crippen LogP contribution in [0.25, 0.3) is 0 Å². The van der Waals surface area contributed by atoms with Crippen molar-refractivity contribution >= 4 is 37.5 Å². The summed E-state index contributed by atoms with van der Waals surface area (Å²) in [5.41, 5.74) is 6.29. The van der Waals surface area contributed by atoms with Gasteiger partial charge in [0.15, 0.2) is 0 Å². The molecule has 0 fully saturated rings. The molecule has 0 spiro atoms. The highest BCUT2D eigenvalue weighted by Gasteiger charge is 2.14. The van der Waals surface area contributed by atoms with Gasteiger partial charge in [0.05, 0.1) is 9.40 Å². The average Bonchev–Trinajstić information content (AvgIpc) is 2.07. The summed E-state index contributed by atoms with van der Waals surface area (Å²) in [5, 5.41) is 10.5. The van der Waals surface area contributed by atoms with Crippen molar-refractivity contribution in [2.24, 2.45) is 5.73 Å². The lowest BCUT2D eigenvalue weighted by atomic mass is 10.2. The van der Waals surface area contributed by atoms with Crippen molar-refractivity contribution in [2.75, 3.05) is 0 Å². The zero-order valence-electron chi connectivity index (χ0n) is 6.46. The molecule has 70 valence electrons. The zero-order chi connectivity index (χ0) is 10.0. The predicted octanol–water partition coefficient (Wildman–Crippen LogP) is 2.58. The minimum absolute atomic E-state index is 0.0316. The number of nitrogens with two attached hydrogens (primary N) is 1.